The van der Waals surface area contributed by atoms with Crippen molar-refractivity contribution in [1.29, 1.82) is 0 Å². The van der Waals surface area contributed by atoms with Gasteiger partial charge in [0.05, 0.1) is 0 Å². The molecular formula is C16H29ClN2. The highest BCUT2D eigenvalue weighted by molar-refractivity contribution is 6.28. The number of aromatic nitrogens is 2. The van der Waals surface area contributed by atoms with Crippen molar-refractivity contribution in [3.63, 3.8) is 0 Å². The highest BCUT2D eigenvalue weighted by Gasteiger charge is 2.26. The fourth-order valence-corrected chi connectivity index (χ4v) is 3.04. The number of unbranched alkanes of at least 4 members (excludes halogenated alkanes) is 5. The summed E-state index contributed by atoms with van der Waals surface area (Å²) in [5.74, 6) is 0. The van der Waals surface area contributed by atoms with Gasteiger partial charge in [0.1, 0.15) is 0 Å². The van der Waals surface area contributed by atoms with Gasteiger partial charge in [0, 0.05) is 17.9 Å². The minimum atomic E-state index is 0.135. The zero-order valence-corrected chi connectivity index (χ0v) is 13.5. The van der Waals surface area contributed by atoms with Gasteiger partial charge in [-0.2, -0.15) is 0 Å². The average molecular weight is 285 g/mol. The van der Waals surface area contributed by atoms with Crippen molar-refractivity contribution in [2.75, 3.05) is 0 Å². The molecule has 1 unspecified atom stereocenters. The SMILES string of the molecule is CCCCCCCC(C)(CCCC)n1ccnc1Cl. The van der Waals surface area contributed by atoms with Crippen LogP contribution < -0.4 is 0 Å². The molecule has 0 saturated heterocycles. The highest BCUT2D eigenvalue weighted by Crippen LogP contribution is 2.32. The molecule has 0 radical (unpaired) electrons. The van der Waals surface area contributed by atoms with E-state index in [1.165, 1.54) is 57.8 Å². The zero-order valence-electron chi connectivity index (χ0n) is 12.8. The average Bonchev–Trinajstić information content (AvgIpc) is 2.83. The molecule has 1 atom stereocenters. The minimum absolute atomic E-state index is 0.135. The molecule has 0 bridgehead atoms. The van der Waals surface area contributed by atoms with E-state index in [2.05, 4.69) is 30.3 Å². The van der Waals surface area contributed by atoms with E-state index < -0.39 is 0 Å². The van der Waals surface area contributed by atoms with Crippen LogP contribution in [0.3, 0.4) is 0 Å². The third kappa shape index (κ3) is 5.18. The molecule has 0 aliphatic carbocycles. The molecule has 0 aliphatic rings. The Kier molecular flexibility index (Phi) is 7.52. The van der Waals surface area contributed by atoms with E-state index in [9.17, 15) is 0 Å². The van der Waals surface area contributed by atoms with Crippen LogP contribution in [0.2, 0.25) is 5.28 Å². The molecule has 0 aromatic carbocycles. The van der Waals surface area contributed by atoms with Gasteiger partial charge >= 0.3 is 0 Å². The van der Waals surface area contributed by atoms with Crippen LogP contribution in [0, 0.1) is 0 Å². The Labute approximate surface area is 123 Å². The van der Waals surface area contributed by atoms with Gasteiger partial charge in [-0.15, -0.1) is 0 Å². The van der Waals surface area contributed by atoms with Crippen LogP contribution in [0.5, 0.6) is 0 Å². The van der Waals surface area contributed by atoms with Gasteiger partial charge in [0.2, 0.25) is 5.28 Å². The monoisotopic (exact) mass is 284 g/mol. The Hall–Kier alpha value is -0.500. The lowest BCUT2D eigenvalue weighted by molar-refractivity contribution is 0.253. The van der Waals surface area contributed by atoms with Crippen molar-refractivity contribution in [1.82, 2.24) is 9.55 Å². The molecule has 0 amide bonds. The summed E-state index contributed by atoms with van der Waals surface area (Å²) in [4.78, 5) is 4.18. The fraction of sp³-hybridized carbons (Fsp3) is 0.812. The Morgan fingerprint density at radius 1 is 1.05 bits per heavy atom. The fourth-order valence-electron chi connectivity index (χ4n) is 2.72. The Bertz CT molecular complexity index is 348. The first kappa shape index (κ1) is 16.6. The molecule has 0 fully saturated rings. The van der Waals surface area contributed by atoms with Crippen LogP contribution in [0.1, 0.15) is 78.6 Å². The van der Waals surface area contributed by atoms with Gasteiger partial charge in [0.25, 0.3) is 0 Å². The third-order valence-electron chi connectivity index (χ3n) is 4.07. The molecule has 1 aromatic rings. The summed E-state index contributed by atoms with van der Waals surface area (Å²) in [5, 5.41) is 0.632. The van der Waals surface area contributed by atoms with E-state index in [4.69, 9.17) is 11.6 Å². The van der Waals surface area contributed by atoms with Gasteiger partial charge in [-0.05, 0) is 31.4 Å². The number of hydrogen-bond donors (Lipinski definition) is 0. The lowest BCUT2D eigenvalue weighted by Gasteiger charge is -2.32. The van der Waals surface area contributed by atoms with Crippen LogP contribution in [0.25, 0.3) is 0 Å². The standard InChI is InChI=1S/C16H29ClN2/c1-4-6-8-9-10-12-16(3,11-7-5-2)19-14-13-18-15(19)17/h13-14H,4-12H2,1-3H3. The second kappa shape index (κ2) is 8.63. The largest absolute Gasteiger partial charge is 0.316 e. The topological polar surface area (TPSA) is 17.8 Å². The normalized spacial score (nSPS) is 14.5. The Morgan fingerprint density at radius 2 is 1.68 bits per heavy atom. The van der Waals surface area contributed by atoms with Crippen LogP contribution in [0.15, 0.2) is 12.4 Å². The maximum Gasteiger partial charge on any atom is 0.203 e. The van der Waals surface area contributed by atoms with E-state index >= 15 is 0 Å². The van der Waals surface area contributed by atoms with Gasteiger partial charge in [-0.25, -0.2) is 4.98 Å². The molecule has 0 spiro atoms. The lowest BCUT2D eigenvalue weighted by atomic mass is 9.88. The number of hydrogen-bond acceptors (Lipinski definition) is 1. The summed E-state index contributed by atoms with van der Waals surface area (Å²) in [5.41, 5.74) is 0.135. The first-order chi connectivity index (χ1) is 9.14. The van der Waals surface area contributed by atoms with Crippen LogP contribution in [0.4, 0.5) is 0 Å². The van der Waals surface area contributed by atoms with E-state index in [0.29, 0.717) is 5.28 Å². The van der Waals surface area contributed by atoms with Crippen LogP contribution in [-0.4, -0.2) is 9.55 Å². The molecule has 0 N–H and O–H groups in total. The molecule has 3 heteroatoms. The molecule has 110 valence electrons. The number of imidazole rings is 1. The van der Waals surface area contributed by atoms with Crippen molar-refractivity contribution >= 4 is 11.6 Å². The molecule has 2 nitrogen and oxygen atoms in total. The van der Waals surface area contributed by atoms with E-state index in [1.54, 1.807) is 0 Å². The number of rotatable bonds is 10. The van der Waals surface area contributed by atoms with Crippen molar-refractivity contribution < 1.29 is 0 Å². The molecular weight excluding hydrogens is 256 g/mol. The molecule has 0 saturated carbocycles. The van der Waals surface area contributed by atoms with Crippen LogP contribution >= 0.6 is 11.6 Å². The number of nitrogens with zero attached hydrogens (tertiary/aromatic N) is 2. The summed E-state index contributed by atoms with van der Waals surface area (Å²) in [6.45, 7) is 6.84. The minimum Gasteiger partial charge on any atom is -0.316 e. The van der Waals surface area contributed by atoms with Gasteiger partial charge in [-0.3, -0.25) is 0 Å². The molecule has 1 rings (SSSR count). The second-order valence-electron chi connectivity index (χ2n) is 5.83. The molecule has 1 heterocycles. The van der Waals surface area contributed by atoms with Gasteiger partial charge in [0.15, 0.2) is 0 Å². The summed E-state index contributed by atoms with van der Waals surface area (Å²) in [6, 6.07) is 0. The summed E-state index contributed by atoms with van der Waals surface area (Å²) >= 11 is 6.22. The summed E-state index contributed by atoms with van der Waals surface area (Å²) < 4.78 is 2.17. The zero-order chi connectivity index (χ0) is 14.1. The van der Waals surface area contributed by atoms with E-state index in [1.807, 2.05) is 12.4 Å². The first-order valence-electron chi connectivity index (χ1n) is 7.83. The predicted octanol–water partition coefficient (Wildman–Crippen LogP) is 5.80. The maximum atomic E-state index is 6.22. The van der Waals surface area contributed by atoms with Crippen molar-refractivity contribution in [2.45, 2.75) is 84.1 Å². The number of halogens is 1. The van der Waals surface area contributed by atoms with Gasteiger partial charge in [-0.1, -0.05) is 58.8 Å². The molecule has 1 aromatic heterocycles. The van der Waals surface area contributed by atoms with Crippen molar-refractivity contribution in [3.8, 4) is 0 Å². The van der Waals surface area contributed by atoms with Crippen LogP contribution in [-0.2, 0) is 5.54 Å². The highest BCUT2D eigenvalue weighted by atomic mass is 35.5. The third-order valence-corrected chi connectivity index (χ3v) is 4.34. The van der Waals surface area contributed by atoms with Crippen molar-refractivity contribution in [3.05, 3.63) is 17.7 Å². The Morgan fingerprint density at radius 3 is 2.26 bits per heavy atom. The summed E-state index contributed by atoms with van der Waals surface area (Å²) in [6.07, 6.45) is 15.4. The quantitative estimate of drug-likeness (QED) is 0.496. The smallest absolute Gasteiger partial charge is 0.203 e. The second-order valence-corrected chi connectivity index (χ2v) is 6.17. The van der Waals surface area contributed by atoms with E-state index in [-0.39, 0.29) is 5.54 Å². The lowest BCUT2D eigenvalue weighted by Crippen LogP contribution is -2.29. The van der Waals surface area contributed by atoms with E-state index in [0.717, 1.165) is 0 Å². The molecule has 19 heavy (non-hydrogen) atoms. The molecule has 0 aliphatic heterocycles. The predicted molar refractivity (Wildman–Crippen MR) is 83.8 cm³/mol. The first-order valence-corrected chi connectivity index (χ1v) is 8.21. The Balaban J connectivity index is 2.58. The van der Waals surface area contributed by atoms with Gasteiger partial charge < -0.3 is 4.57 Å². The van der Waals surface area contributed by atoms with Crippen molar-refractivity contribution in [2.24, 2.45) is 0 Å². The summed E-state index contributed by atoms with van der Waals surface area (Å²) in [7, 11) is 0. The maximum absolute atomic E-state index is 6.22.